The van der Waals surface area contributed by atoms with Gasteiger partial charge >= 0.3 is 0 Å². The van der Waals surface area contributed by atoms with Crippen LogP contribution in [0.15, 0.2) is 53.0 Å². The maximum atomic E-state index is 11.6. The Morgan fingerprint density at radius 1 is 1.04 bits per heavy atom. The molecule has 1 aliphatic heterocycles. The molecule has 1 atom stereocenters. The first kappa shape index (κ1) is 19.9. The molecule has 0 spiro atoms. The largest absolute Gasteiger partial charge is 0.493 e. The summed E-state index contributed by atoms with van der Waals surface area (Å²) in [5.74, 6) is 1.35. The number of halogens is 1. The van der Waals surface area contributed by atoms with Crippen molar-refractivity contribution in [3.8, 4) is 11.5 Å². The molecule has 1 fully saturated rings. The van der Waals surface area contributed by atoms with E-state index in [-0.39, 0.29) is 6.04 Å². The number of piperazine rings is 1. The number of para-hydroxylation sites is 2. The van der Waals surface area contributed by atoms with Gasteiger partial charge in [-0.05, 0) is 29.8 Å². The van der Waals surface area contributed by atoms with E-state index < -0.39 is 0 Å². The predicted octanol–water partition coefficient (Wildman–Crippen LogP) is 3.22. The lowest BCUT2D eigenvalue weighted by Crippen LogP contribution is -2.52. The molecule has 3 rings (SSSR count). The first-order chi connectivity index (χ1) is 13.2. The highest BCUT2D eigenvalue weighted by Crippen LogP contribution is 2.26. The molecular formula is C21H25BrN2O3. The Morgan fingerprint density at radius 3 is 2.33 bits per heavy atom. The maximum Gasteiger partial charge on any atom is 0.161 e. The van der Waals surface area contributed by atoms with E-state index in [9.17, 15) is 4.79 Å². The van der Waals surface area contributed by atoms with Crippen molar-refractivity contribution >= 4 is 22.2 Å². The summed E-state index contributed by atoms with van der Waals surface area (Å²) in [5, 5.41) is 0. The highest BCUT2D eigenvalue weighted by Gasteiger charge is 2.24. The van der Waals surface area contributed by atoms with Gasteiger partial charge in [-0.3, -0.25) is 9.80 Å². The summed E-state index contributed by atoms with van der Waals surface area (Å²) in [5.41, 5.74) is 1.30. The highest BCUT2D eigenvalue weighted by atomic mass is 79.9. The van der Waals surface area contributed by atoms with Gasteiger partial charge in [0.05, 0.1) is 7.11 Å². The second-order valence-corrected chi connectivity index (χ2v) is 7.52. The number of rotatable bonds is 8. The van der Waals surface area contributed by atoms with E-state index in [1.165, 1.54) is 5.56 Å². The van der Waals surface area contributed by atoms with Crippen LogP contribution in [0.1, 0.15) is 5.56 Å². The summed E-state index contributed by atoms with van der Waals surface area (Å²) in [6.45, 7) is 4.86. The van der Waals surface area contributed by atoms with E-state index in [1.54, 1.807) is 7.11 Å². The van der Waals surface area contributed by atoms with Crippen LogP contribution < -0.4 is 9.47 Å². The van der Waals surface area contributed by atoms with Gasteiger partial charge in [0.1, 0.15) is 18.9 Å². The molecule has 1 heterocycles. The van der Waals surface area contributed by atoms with E-state index >= 15 is 0 Å². The fourth-order valence-electron chi connectivity index (χ4n) is 3.25. The Labute approximate surface area is 169 Å². The second kappa shape index (κ2) is 9.88. The molecule has 1 aliphatic rings. The number of hydrogen-bond acceptors (Lipinski definition) is 5. The topological polar surface area (TPSA) is 42.0 Å². The van der Waals surface area contributed by atoms with E-state index in [4.69, 9.17) is 9.47 Å². The van der Waals surface area contributed by atoms with Crippen LogP contribution in [0.25, 0.3) is 0 Å². The van der Waals surface area contributed by atoms with Crippen molar-refractivity contribution in [2.24, 2.45) is 0 Å². The monoisotopic (exact) mass is 432 g/mol. The minimum Gasteiger partial charge on any atom is -0.493 e. The Kier molecular flexibility index (Phi) is 7.26. The van der Waals surface area contributed by atoms with Crippen molar-refractivity contribution in [3.63, 3.8) is 0 Å². The summed E-state index contributed by atoms with van der Waals surface area (Å²) in [4.78, 5) is 16.2. The van der Waals surface area contributed by atoms with E-state index in [0.717, 1.165) is 43.5 Å². The third-order valence-electron chi connectivity index (χ3n) is 4.83. The van der Waals surface area contributed by atoms with Gasteiger partial charge in [-0.1, -0.05) is 40.2 Å². The molecule has 0 amide bonds. The van der Waals surface area contributed by atoms with Crippen molar-refractivity contribution in [1.82, 2.24) is 9.80 Å². The molecule has 6 heteroatoms. The van der Waals surface area contributed by atoms with E-state index in [0.29, 0.717) is 18.1 Å². The van der Waals surface area contributed by atoms with Crippen LogP contribution in [0.3, 0.4) is 0 Å². The van der Waals surface area contributed by atoms with Crippen molar-refractivity contribution < 1.29 is 14.3 Å². The van der Waals surface area contributed by atoms with Gasteiger partial charge in [0.25, 0.3) is 0 Å². The van der Waals surface area contributed by atoms with E-state index in [2.05, 4.69) is 50.0 Å². The first-order valence-electron chi connectivity index (χ1n) is 9.11. The Balaban J connectivity index is 1.49. The summed E-state index contributed by atoms with van der Waals surface area (Å²) >= 11 is 3.47. The van der Waals surface area contributed by atoms with Gasteiger partial charge in [0.15, 0.2) is 11.5 Å². The summed E-state index contributed by atoms with van der Waals surface area (Å²) in [6.07, 6.45) is 0.986. The lowest BCUT2D eigenvalue weighted by molar-refractivity contribution is -0.114. The number of ether oxygens (including phenoxy) is 2. The molecule has 0 N–H and O–H groups in total. The van der Waals surface area contributed by atoms with Crippen molar-refractivity contribution in [1.29, 1.82) is 0 Å². The molecule has 2 aromatic carbocycles. The normalized spacial score (nSPS) is 16.7. The minimum atomic E-state index is -0.246. The molecule has 144 valence electrons. The Bertz CT molecular complexity index is 730. The van der Waals surface area contributed by atoms with Crippen LogP contribution in [0.5, 0.6) is 11.5 Å². The van der Waals surface area contributed by atoms with Crippen LogP contribution in [0.4, 0.5) is 0 Å². The van der Waals surface area contributed by atoms with Crippen molar-refractivity contribution in [2.45, 2.75) is 12.6 Å². The average molecular weight is 433 g/mol. The van der Waals surface area contributed by atoms with Gasteiger partial charge in [0.2, 0.25) is 0 Å². The molecule has 0 saturated carbocycles. The molecule has 0 aromatic heterocycles. The fourth-order valence-corrected chi connectivity index (χ4v) is 3.51. The zero-order valence-electron chi connectivity index (χ0n) is 15.5. The number of carbonyl (C=O) groups excluding carboxylic acids is 1. The standard InChI is InChI=1S/C21H25BrN2O3/c1-26-20-4-2-3-5-21(20)27-16-19(15-25)24-12-10-23(11-13-24)14-17-6-8-18(22)9-7-17/h2-9,15,19H,10-14,16H2,1H3. The number of nitrogens with zero attached hydrogens (tertiary/aromatic N) is 2. The van der Waals surface area contributed by atoms with Crippen LogP contribution in [-0.4, -0.2) is 62.0 Å². The van der Waals surface area contributed by atoms with Gasteiger partial charge in [-0.25, -0.2) is 0 Å². The molecular weight excluding hydrogens is 408 g/mol. The predicted molar refractivity (Wildman–Crippen MR) is 109 cm³/mol. The summed E-state index contributed by atoms with van der Waals surface area (Å²) in [6, 6.07) is 15.7. The number of methoxy groups -OCH3 is 1. The summed E-state index contributed by atoms with van der Waals surface area (Å²) < 4.78 is 12.2. The molecule has 2 aromatic rings. The smallest absolute Gasteiger partial charge is 0.161 e. The first-order valence-corrected chi connectivity index (χ1v) is 9.91. The maximum absolute atomic E-state index is 11.6. The van der Waals surface area contributed by atoms with Crippen LogP contribution in [-0.2, 0) is 11.3 Å². The fraction of sp³-hybridized carbons (Fsp3) is 0.381. The van der Waals surface area contributed by atoms with Crippen molar-refractivity contribution in [2.75, 3.05) is 39.9 Å². The number of hydrogen-bond donors (Lipinski definition) is 0. The van der Waals surface area contributed by atoms with Crippen LogP contribution in [0.2, 0.25) is 0 Å². The van der Waals surface area contributed by atoms with E-state index in [1.807, 2.05) is 24.3 Å². The highest BCUT2D eigenvalue weighted by molar-refractivity contribution is 9.10. The zero-order chi connectivity index (χ0) is 19.1. The SMILES string of the molecule is COc1ccccc1OCC(C=O)N1CCN(Cc2ccc(Br)cc2)CC1. The van der Waals surface area contributed by atoms with Crippen molar-refractivity contribution in [3.05, 3.63) is 58.6 Å². The summed E-state index contributed by atoms with van der Waals surface area (Å²) in [7, 11) is 1.62. The molecule has 0 aliphatic carbocycles. The average Bonchev–Trinajstić information content (AvgIpc) is 2.71. The Morgan fingerprint density at radius 2 is 1.70 bits per heavy atom. The number of carbonyl (C=O) groups is 1. The van der Waals surface area contributed by atoms with Gasteiger partial charge in [0, 0.05) is 37.2 Å². The lowest BCUT2D eigenvalue weighted by Gasteiger charge is -2.37. The van der Waals surface area contributed by atoms with Crippen LogP contribution in [0, 0.1) is 0 Å². The quantitative estimate of drug-likeness (QED) is 0.599. The molecule has 0 bridgehead atoms. The number of aldehydes is 1. The third kappa shape index (κ3) is 5.54. The molecule has 0 radical (unpaired) electrons. The van der Waals surface area contributed by atoms with Gasteiger partial charge in [-0.15, -0.1) is 0 Å². The lowest BCUT2D eigenvalue weighted by atomic mass is 10.2. The molecule has 1 unspecified atom stereocenters. The minimum absolute atomic E-state index is 0.246. The van der Waals surface area contributed by atoms with Gasteiger partial charge < -0.3 is 14.3 Å². The molecule has 27 heavy (non-hydrogen) atoms. The molecule has 5 nitrogen and oxygen atoms in total. The van der Waals surface area contributed by atoms with Crippen LogP contribution >= 0.6 is 15.9 Å². The zero-order valence-corrected chi connectivity index (χ0v) is 17.1. The number of benzene rings is 2. The third-order valence-corrected chi connectivity index (χ3v) is 5.36. The Hall–Kier alpha value is -1.89. The van der Waals surface area contributed by atoms with Gasteiger partial charge in [-0.2, -0.15) is 0 Å². The molecule has 1 saturated heterocycles. The second-order valence-electron chi connectivity index (χ2n) is 6.60.